The van der Waals surface area contributed by atoms with E-state index >= 15 is 0 Å². The number of sulfonamides is 1. The number of hydrogen-bond donors (Lipinski definition) is 0. The van der Waals surface area contributed by atoms with Crippen LogP contribution in [-0.2, 0) is 15.9 Å². The molecule has 0 aliphatic heterocycles. The van der Waals surface area contributed by atoms with Crippen molar-refractivity contribution in [2.24, 2.45) is 0 Å². The quantitative estimate of drug-likeness (QED) is 0.783. The number of rotatable bonds is 5. The Morgan fingerprint density at radius 3 is 2.50 bits per heavy atom. The summed E-state index contributed by atoms with van der Waals surface area (Å²) in [6.45, 7) is -0.860. The standard InChI is InChI=1S/C10H11Cl2F2NO2S/c1-15(6-10(13)14)18(16,17)8-2-3-9(12)7(4-8)5-11/h2-4,10H,5-6H2,1H3. The highest BCUT2D eigenvalue weighted by Crippen LogP contribution is 2.23. The molecule has 3 nitrogen and oxygen atoms in total. The van der Waals surface area contributed by atoms with Crippen molar-refractivity contribution in [1.29, 1.82) is 0 Å². The molecule has 0 radical (unpaired) electrons. The van der Waals surface area contributed by atoms with Crippen LogP contribution in [-0.4, -0.2) is 32.7 Å². The van der Waals surface area contributed by atoms with Gasteiger partial charge in [0.15, 0.2) is 0 Å². The maximum Gasteiger partial charge on any atom is 0.252 e. The molecule has 0 aliphatic rings. The fourth-order valence-corrected chi connectivity index (χ4v) is 2.96. The third kappa shape index (κ3) is 3.54. The summed E-state index contributed by atoms with van der Waals surface area (Å²) in [7, 11) is -2.85. The Bertz CT molecular complexity index is 523. The average Bonchev–Trinajstić information content (AvgIpc) is 2.28. The molecule has 0 aliphatic carbocycles. The molecule has 0 amide bonds. The summed E-state index contributed by atoms with van der Waals surface area (Å²) in [4.78, 5) is -0.106. The second kappa shape index (κ2) is 6.14. The Hall–Kier alpha value is -0.430. The van der Waals surface area contributed by atoms with Gasteiger partial charge in [0, 0.05) is 18.0 Å². The van der Waals surface area contributed by atoms with E-state index in [9.17, 15) is 17.2 Å². The van der Waals surface area contributed by atoms with Crippen LogP contribution in [0, 0.1) is 0 Å². The van der Waals surface area contributed by atoms with Gasteiger partial charge in [-0.25, -0.2) is 17.2 Å². The molecule has 0 saturated carbocycles. The van der Waals surface area contributed by atoms with Crippen LogP contribution < -0.4 is 0 Å². The van der Waals surface area contributed by atoms with Gasteiger partial charge in [-0.1, -0.05) is 11.6 Å². The van der Waals surface area contributed by atoms with Crippen LogP contribution in [0.1, 0.15) is 5.56 Å². The highest BCUT2D eigenvalue weighted by atomic mass is 35.5. The lowest BCUT2D eigenvalue weighted by Crippen LogP contribution is -2.31. The van der Waals surface area contributed by atoms with Crippen molar-refractivity contribution < 1.29 is 17.2 Å². The van der Waals surface area contributed by atoms with E-state index in [0.717, 1.165) is 7.05 Å². The summed E-state index contributed by atoms with van der Waals surface area (Å²) < 4.78 is 48.9. The maximum absolute atomic E-state index is 12.2. The monoisotopic (exact) mass is 317 g/mol. The average molecular weight is 318 g/mol. The van der Waals surface area contributed by atoms with Crippen LogP contribution in [0.2, 0.25) is 5.02 Å². The van der Waals surface area contributed by atoms with Gasteiger partial charge in [-0.05, 0) is 23.8 Å². The third-order valence-electron chi connectivity index (χ3n) is 2.26. The van der Waals surface area contributed by atoms with Crippen LogP contribution in [0.4, 0.5) is 8.78 Å². The zero-order valence-corrected chi connectivity index (χ0v) is 11.7. The molecule has 0 fully saturated rings. The fourth-order valence-electron chi connectivity index (χ4n) is 1.29. The minimum absolute atomic E-state index is 0.0424. The van der Waals surface area contributed by atoms with Crippen molar-refractivity contribution in [3.8, 4) is 0 Å². The molecule has 0 atom stereocenters. The lowest BCUT2D eigenvalue weighted by Gasteiger charge is -2.17. The van der Waals surface area contributed by atoms with E-state index in [1.54, 1.807) is 0 Å². The number of hydrogen-bond acceptors (Lipinski definition) is 2. The Labute approximate surface area is 114 Å². The number of alkyl halides is 3. The normalized spacial score (nSPS) is 12.4. The van der Waals surface area contributed by atoms with Crippen molar-refractivity contribution in [3.05, 3.63) is 28.8 Å². The molecular weight excluding hydrogens is 307 g/mol. The third-order valence-corrected chi connectivity index (χ3v) is 4.74. The van der Waals surface area contributed by atoms with Crippen molar-refractivity contribution in [2.75, 3.05) is 13.6 Å². The Morgan fingerprint density at radius 1 is 1.39 bits per heavy atom. The maximum atomic E-state index is 12.2. The van der Waals surface area contributed by atoms with Crippen LogP contribution in [0.25, 0.3) is 0 Å². The molecule has 0 bridgehead atoms. The highest BCUT2D eigenvalue weighted by molar-refractivity contribution is 7.89. The van der Waals surface area contributed by atoms with Crippen molar-refractivity contribution in [3.63, 3.8) is 0 Å². The molecule has 0 heterocycles. The molecule has 0 aromatic heterocycles. The van der Waals surface area contributed by atoms with Crippen molar-refractivity contribution in [1.82, 2.24) is 4.31 Å². The van der Waals surface area contributed by atoms with Gasteiger partial charge in [0.1, 0.15) is 0 Å². The van der Waals surface area contributed by atoms with E-state index in [2.05, 4.69) is 0 Å². The van der Waals surface area contributed by atoms with Gasteiger partial charge in [0.25, 0.3) is 6.43 Å². The van der Waals surface area contributed by atoms with Gasteiger partial charge in [0.05, 0.1) is 11.4 Å². The SMILES string of the molecule is CN(CC(F)F)S(=O)(=O)c1ccc(Cl)c(CCl)c1. The predicted molar refractivity (Wildman–Crippen MR) is 66.8 cm³/mol. The van der Waals surface area contributed by atoms with E-state index in [1.165, 1.54) is 18.2 Å². The van der Waals surface area contributed by atoms with Crippen LogP contribution in [0.3, 0.4) is 0 Å². The van der Waals surface area contributed by atoms with Gasteiger partial charge in [-0.3, -0.25) is 0 Å². The lowest BCUT2D eigenvalue weighted by atomic mass is 10.2. The molecular formula is C10H11Cl2F2NO2S. The minimum Gasteiger partial charge on any atom is -0.209 e. The highest BCUT2D eigenvalue weighted by Gasteiger charge is 2.24. The molecule has 0 spiro atoms. The summed E-state index contributed by atoms with van der Waals surface area (Å²) in [6.07, 6.45) is -2.73. The molecule has 1 rings (SSSR count). The number of nitrogens with zero attached hydrogens (tertiary/aromatic N) is 1. The van der Waals surface area contributed by atoms with Gasteiger partial charge >= 0.3 is 0 Å². The van der Waals surface area contributed by atoms with E-state index < -0.39 is 23.0 Å². The van der Waals surface area contributed by atoms with E-state index in [-0.39, 0.29) is 10.8 Å². The summed E-state index contributed by atoms with van der Waals surface area (Å²) in [6, 6.07) is 3.92. The Morgan fingerprint density at radius 2 is 2.00 bits per heavy atom. The van der Waals surface area contributed by atoms with Gasteiger partial charge in [-0.2, -0.15) is 4.31 Å². The molecule has 0 saturated heterocycles. The largest absolute Gasteiger partial charge is 0.252 e. The van der Waals surface area contributed by atoms with Gasteiger partial charge in [-0.15, -0.1) is 11.6 Å². The van der Waals surface area contributed by atoms with Gasteiger partial charge < -0.3 is 0 Å². The molecule has 8 heteroatoms. The minimum atomic E-state index is -3.95. The Kier molecular flexibility index (Phi) is 5.33. The summed E-state index contributed by atoms with van der Waals surface area (Å²) in [5, 5.41) is 0.334. The lowest BCUT2D eigenvalue weighted by molar-refractivity contribution is 0.126. The first-order chi connectivity index (χ1) is 8.28. The Balaban J connectivity index is 3.12. The molecule has 18 heavy (non-hydrogen) atoms. The van der Waals surface area contributed by atoms with E-state index in [1.807, 2.05) is 0 Å². The molecule has 0 unspecified atom stereocenters. The van der Waals surface area contributed by atoms with Crippen molar-refractivity contribution in [2.45, 2.75) is 17.2 Å². The van der Waals surface area contributed by atoms with E-state index in [4.69, 9.17) is 23.2 Å². The topological polar surface area (TPSA) is 37.4 Å². The zero-order chi connectivity index (χ0) is 13.9. The first kappa shape index (κ1) is 15.6. The zero-order valence-electron chi connectivity index (χ0n) is 9.41. The molecule has 0 N–H and O–H groups in total. The number of benzene rings is 1. The van der Waals surface area contributed by atoms with Gasteiger partial charge in [0.2, 0.25) is 10.0 Å². The predicted octanol–water partition coefficient (Wildman–Crippen LogP) is 2.96. The summed E-state index contributed by atoms with van der Waals surface area (Å²) >= 11 is 11.4. The van der Waals surface area contributed by atoms with Crippen LogP contribution >= 0.6 is 23.2 Å². The summed E-state index contributed by atoms with van der Waals surface area (Å²) in [5.74, 6) is 0.0424. The smallest absolute Gasteiger partial charge is 0.209 e. The molecule has 1 aromatic rings. The second-order valence-electron chi connectivity index (χ2n) is 3.56. The first-order valence-electron chi connectivity index (χ1n) is 4.88. The van der Waals surface area contributed by atoms with Crippen LogP contribution in [0.5, 0.6) is 0 Å². The molecule has 102 valence electrons. The van der Waals surface area contributed by atoms with Crippen LogP contribution in [0.15, 0.2) is 23.1 Å². The fraction of sp³-hybridized carbons (Fsp3) is 0.400. The summed E-state index contributed by atoms with van der Waals surface area (Å²) in [5.41, 5.74) is 0.435. The molecule has 1 aromatic carbocycles. The first-order valence-corrected chi connectivity index (χ1v) is 7.23. The second-order valence-corrected chi connectivity index (χ2v) is 6.28. The number of halogens is 4. The van der Waals surface area contributed by atoms with E-state index in [0.29, 0.717) is 14.9 Å². The van der Waals surface area contributed by atoms with Crippen molar-refractivity contribution >= 4 is 33.2 Å².